The quantitative estimate of drug-likeness (QED) is 0.529. The van der Waals surface area contributed by atoms with Crippen LogP contribution in [0.2, 0.25) is 5.02 Å². The largest absolute Gasteiger partial charge is 0.490 e. The molecule has 0 amide bonds. The first-order valence-electron chi connectivity index (χ1n) is 6.96. The molecule has 0 atom stereocenters. The summed E-state index contributed by atoms with van der Waals surface area (Å²) in [5.41, 5.74) is 0.411. The van der Waals surface area contributed by atoms with Crippen LogP contribution in [0.5, 0.6) is 11.5 Å². The summed E-state index contributed by atoms with van der Waals surface area (Å²) in [6, 6.07) is 9.12. The van der Waals surface area contributed by atoms with Crippen molar-refractivity contribution < 1.29 is 18.7 Å². The summed E-state index contributed by atoms with van der Waals surface area (Å²) < 4.78 is 24.8. The molecule has 0 unspecified atom stereocenters. The molecule has 2 aromatic rings. The number of halogens is 3. The maximum atomic E-state index is 13.8. The summed E-state index contributed by atoms with van der Waals surface area (Å²) in [6.07, 6.45) is -0.330. The van der Waals surface area contributed by atoms with Gasteiger partial charge in [0.05, 0.1) is 29.1 Å². The Bertz CT molecular complexity index is 800. The van der Waals surface area contributed by atoms with Gasteiger partial charge in [-0.2, -0.15) is 5.26 Å². The van der Waals surface area contributed by atoms with Gasteiger partial charge in [-0.05, 0) is 41.1 Å². The zero-order chi connectivity index (χ0) is 17.7. The zero-order valence-corrected chi connectivity index (χ0v) is 14.9. The Labute approximate surface area is 151 Å². The van der Waals surface area contributed by atoms with Crippen LogP contribution in [0.15, 0.2) is 34.8 Å². The van der Waals surface area contributed by atoms with Crippen LogP contribution in [0.4, 0.5) is 4.39 Å². The van der Waals surface area contributed by atoms with Gasteiger partial charge in [0.2, 0.25) is 0 Å². The molecule has 0 aliphatic rings. The van der Waals surface area contributed by atoms with E-state index in [2.05, 4.69) is 15.9 Å². The highest BCUT2D eigenvalue weighted by molar-refractivity contribution is 9.10. The second-order valence-corrected chi connectivity index (χ2v) is 5.94. The summed E-state index contributed by atoms with van der Waals surface area (Å²) in [4.78, 5) is 12.2. The molecule has 124 valence electrons. The van der Waals surface area contributed by atoms with E-state index in [4.69, 9.17) is 26.3 Å². The van der Waals surface area contributed by atoms with Crippen molar-refractivity contribution in [3.05, 3.63) is 56.8 Å². The van der Waals surface area contributed by atoms with Gasteiger partial charge in [-0.3, -0.25) is 4.79 Å². The third-order valence-corrected chi connectivity index (χ3v) is 3.98. The van der Waals surface area contributed by atoms with Gasteiger partial charge in [0.15, 0.2) is 11.5 Å². The van der Waals surface area contributed by atoms with E-state index < -0.39 is 11.8 Å². The molecule has 0 saturated carbocycles. The summed E-state index contributed by atoms with van der Waals surface area (Å²) in [5, 5.41) is 9.14. The van der Waals surface area contributed by atoms with Gasteiger partial charge in [0.1, 0.15) is 5.82 Å². The fraction of sp³-hybridized carbons (Fsp3) is 0.176. The van der Waals surface area contributed by atoms with E-state index in [-0.39, 0.29) is 28.5 Å². The lowest BCUT2D eigenvalue weighted by Gasteiger charge is -2.13. The Morgan fingerprint density at radius 3 is 2.79 bits per heavy atom. The fourth-order valence-electron chi connectivity index (χ4n) is 1.99. The molecule has 0 aromatic heterocycles. The summed E-state index contributed by atoms with van der Waals surface area (Å²) >= 11 is 9.15. The lowest BCUT2D eigenvalue weighted by molar-refractivity contribution is -0.133. The smallest absolute Gasteiger partial charge is 0.315 e. The Morgan fingerprint density at radius 1 is 1.42 bits per heavy atom. The second-order valence-electron chi connectivity index (χ2n) is 4.68. The molecule has 0 heterocycles. The third kappa shape index (κ3) is 4.25. The van der Waals surface area contributed by atoms with Gasteiger partial charge in [-0.1, -0.05) is 17.7 Å². The SMILES string of the molecule is CCOc1cc(C#N)cc(Br)c1OC(=O)Cc1c(F)cccc1Cl. The Balaban J connectivity index is 2.27. The highest BCUT2D eigenvalue weighted by atomic mass is 79.9. The minimum atomic E-state index is -0.701. The zero-order valence-electron chi connectivity index (χ0n) is 12.6. The third-order valence-electron chi connectivity index (χ3n) is 3.04. The van der Waals surface area contributed by atoms with E-state index in [0.717, 1.165) is 0 Å². The summed E-state index contributed by atoms with van der Waals surface area (Å²) in [7, 11) is 0. The van der Waals surface area contributed by atoms with E-state index in [1.54, 1.807) is 6.92 Å². The maximum absolute atomic E-state index is 13.8. The van der Waals surface area contributed by atoms with Gasteiger partial charge in [0.25, 0.3) is 0 Å². The van der Waals surface area contributed by atoms with E-state index in [1.165, 1.54) is 30.3 Å². The van der Waals surface area contributed by atoms with Crippen molar-refractivity contribution >= 4 is 33.5 Å². The van der Waals surface area contributed by atoms with Crippen molar-refractivity contribution in [3.8, 4) is 17.6 Å². The molecule has 24 heavy (non-hydrogen) atoms. The van der Waals surface area contributed by atoms with Crippen LogP contribution in [0.25, 0.3) is 0 Å². The molecule has 0 saturated heterocycles. The predicted molar refractivity (Wildman–Crippen MR) is 90.8 cm³/mol. The molecule has 4 nitrogen and oxygen atoms in total. The molecule has 0 aliphatic carbocycles. The minimum absolute atomic E-state index is 0.0619. The number of nitriles is 1. The predicted octanol–water partition coefficient (Wildman–Crippen LogP) is 4.66. The number of benzene rings is 2. The number of esters is 1. The standard InChI is InChI=1S/C17H12BrClFNO3/c1-2-23-15-7-10(9-21)6-12(18)17(15)24-16(22)8-11-13(19)4-3-5-14(11)20/h3-7H,2,8H2,1H3. The molecule has 0 radical (unpaired) electrons. The van der Waals surface area contributed by atoms with Gasteiger partial charge < -0.3 is 9.47 Å². The molecule has 0 N–H and O–H groups in total. The molecule has 0 aliphatic heterocycles. The Hall–Kier alpha value is -2.10. The van der Waals surface area contributed by atoms with Gasteiger partial charge in [0, 0.05) is 16.7 Å². The molecule has 0 fully saturated rings. The molecular weight excluding hydrogens is 401 g/mol. The van der Waals surface area contributed by atoms with E-state index in [1.807, 2.05) is 6.07 Å². The van der Waals surface area contributed by atoms with Crippen LogP contribution in [0.3, 0.4) is 0 Å². The highest BCUT2D eigenvalue weighted by Crippen LogP contribution is 2.37. The monoisotopic (exact) mass is 411 g/mol. The van der Waals surface area contributed by atoms with Crippen molar-refractivity contribution in [2.24, 2.45) is 0 Å². The Morgan fingerprint density at radius 2 is 2.17 bits per heavy atom. The average Bonchev–Trinajstić information content (AvgIpc) is 2.54. The van der Waals surface area contributed by atoms with Gasteiger partial charge in [-0.15, -0.1) is 0 Å². The number of ether oxygens (including phenoxy) is 2. The number of carbonyl (C=O) groups is 1. The van der Waals surface area contributed by atoms with Crippen molar-refractivity contribution in [2.45, 2.75) is 13.3 Å². The lowest BCUT2D eigenvalue weighted by Crippen LogP contribution is -2.14. The molecule has 0 spiro atoms. The molecular formula is C17H12BrClFNO3. The summed E-state index contributed by atoms with van der Waals surface area (Å²) in [5.74, 6) is -0.901. The Kier molecular flexibility index (Phi) is 6.18. The number of rotatable bonds is 5. The summed E-state index contributed by atoms with van der Waals surface area (Å²) in [6.45, 7) is 2.09. The second kappa shape index (κ2) is 8.13. The van der Waals surface area contributed by atoms with Crippen LogP contribution < -0.4 is 9.47 Å². The molecule has 0 bridgehead atoms. The first-order chi connectivity index (χ1) is 11.5. The van der Waals surface area contributed by atoms with E-state index in [0.29, 0.717) is 16.6 Å². The maximum Gasteiger partial charge on any atom is 0.315 e. The van der Waals surface area contributed by atoms with Crippen molar-refractivity contribution in [2.75, 3.05) is 6.61 Å². The van der Waals surface area contributed by atoms with Crippen LogP contribution in [-0.2, 0) is 11.2 Å². The molecule has 2 aromatic carbocycles. The van der Waals surface area contributed by atoms with Crippen molar-refractivity contribution in [1.29, 1.82) is 5.26 Å². The molecule has 7 heteroatoms. The number of hydrogen-bond donors (Lipinski definition) is 0. The number of hydrogen-bond acceptors (Lipinski definition) is 4. The van der Waals surface area contributed by atoms with Crippen LogP contribution in [0.1, 0.15) is 18.1 Å². The van der Waals surface area contributed by atoms with Crippen LogP contribution in [-0.4, -0.2) is 12.6 Å². The minimum Gasteiger partial charge on any atom is -0.490 e. The fourth-order valence-corrected chi connectivity index (χ4v) is 2.74. The van der Waals surface area contributed by atoms with Crippen LogP contribution >= 0.6 is 27.5 Å². The van der Waals surface area contributed by atoms with E-state index in [9.17, 15) is 9.18 Å². The van der Waals surface area contributed by atoms with Crippen molar-refractivity contribution in [3.63, 3.8) is 0 Å². The number of nitrogens with zero attached hydrogens (tertiary/aromatic N) is 1. The first-order valence-corrected chi connectivity index (χ1v) is 8.13. The van der Waals surface area contributed by atoms with Crippen molar-refractivity contribution in [1.82, 2.24) is 0 Å². The average molecular weight is 413 g/mol. The lowest BCUT2D eigenvalue weighted by atomic mass is 10.1. The highest BCUT2D eigenvalue weighted by Gasteiger charge is 2.18. The normalized spacial score (nSPS) is 10.1. The first kappa shape index (κ1) is 18.2. The van der Waals surface area contributed by atoms with E-state index >= 15 is 0 Å². The molecule has 2 rings (SSSR count). The van der Waals surface area contributed by atoms with Gasteiger partial charge >= 0.3 is 5.97 Å². The number of carbonyl (C=O) groups excluding carboxylic acids is 1. The van der Waals surface area contributed by atoms with Gasteiger partial charge in [-0.25, -0.2) is 4.39 Å². The topological polar surface area (TPSA) is 59.3 Å². The van der Waals surface area contributed by atoms with Crippen LogP contribution in [0, 0.1) is 17.1 Å².